The van der Waals surface area contributed by atoms with Gasteiger partial charge in [-0.15, -0.1) is 0 Å². The Labute approximate surface area is 80.5 Å². The molecule has 1 aromatic carbocycles. The van der Waals surface area contributed by atoms with Crippen molar-refractivity contribution in [1.29, 1.82) is 0 Å². The molecule has 0 aromatic heterocycles. The fraction of sp³-hybridized carbons (Fsp3) is 0.222. The zero-order valence-electron chi connectivity index (χ0n) is 7.54. The Balaban J connectivity index is 3.12. The first-order valence-corrected chi connectivity index (χ1v) is 3.92. The van der Waals surface area contributed by atoms with Gasteiger partial charge in [0.15, 0.2) is 0 Å². The van der Waals surface area contributed by atoms with Crippen LogP contribution in [0.25, 0.3) is 0 Å². The van der Waals surface area contributed by atoms with E-state index in [0.29, 0.717) is 5.56 Å². The van der Waals surface area contributed by atoms with Crippen LogP contribution in [0.1, 0.15) is 12.5 Å². The number of ether oxygens (including phenoxy) is 1. The molecule has 0 heterocycles. The number of nitro groups is 1. The molecule has 0 amide bonds. The average molecular weight is 195 g/mol. The molecular weight excluding hydrogens is 186 g/mol. The molecule has 1 rings (SSSR count). The summed E-state index contributed by atoms with van der Waals surface area (Å²) in [4.78, 5) is 20.3. The molecule has 14 heavy (non-hydrogen) atoms. The normalized spacial score (nSPS) is 14.1. The van der Waals surface area contributed by atoms with Crippen molar-refractivity contribution in [3.05, 3.63) is 46.0 Å². The molecule has 1 atom stereocenters. The molecule has 0 fully saturated rings. The topological polar surface area (TPSA) is 69.4 Å². The molecule has 0 aliphatic carbocycles. The summed E-state index contributed by atoms with van der Waals surface area (Å²) >= 11 is 0. The van der Waals surface area contributed by atoms with Crippen molar-refractivity contribution in [1.82, 2.24) is 0 Å². The lowest BCUT2D eigenvalue weighted by Gasteiger charge is -2.18. The van der Waals surface area contributed by atoms with Crippen LogP contribution >= 0.6 is 0 Å². The van der Waals surface area contributed by atoms with Crippen molar-refractivity contribution in [3.63, 3.8) is 0 Å². The molecule has 0 aliphatic heterocycles. The molecule has 5 heteroatoms. The molecule has 0 N–H and O–H groups in total. The number of hydrogen-bond donors (Lipinski definition) is 0. The Morgan fingerprint density at radius 1 is 1.43 bits per heavy atom. The highest BCUT2D eigenvalue weighted by molar-refractivity contribution is 5.39. The van der Waals surface area contributed by atoms with Gasteiger partial charge in [0.1, 0.15) is 0 Å². The molecule has 0 spiro atoms. The van der Waals surface area contributed by atoms with E-state index in [1.807, 2.05) is 0 Å². The Hall–Kier alpha value is -1.91. The van der Waals surface area contributed by atoms with Gasteiger partial charge in [-0.1, -0.05) is 18.2 Å². The van der Waals surface area contributed by atoms with Crippen LogP contribution in [-0.2, 0) is 15.3 Å². The molecule has 1 aromatic rings. The van der Waals surface area contributed by atoms with Crippen molar-refractivity contribution < 1.29 is 14.5 Å². The van der Waals surface area contributed by atoms with Gasteiger partial charge in [-0.3, -0.25) is 14.9 Å². The summed E-state index contributed by atoms with van der Waals surface area (Å²) in [5, 5.41) is 10.7. The summed E-state index contributed by atoms with van der Waals surface area (Å²) in [6, 6.07) is 8.08. The number of carbonyl (C=O) groups is 1. The largest absolute Gasteiger partial charge is 0.394 e. The zero-order chi connectivity index (χ0) is 10.6. The fourth-order valence-corrected chi connectivity index (χ4v) is 1.06. The number of hydrogen-bond acceptors (Lipinski definition) is 4. The van der Waals surface area contributed by atoms with E-state index in [0.717, 1.165) is 0 Å². The number of rotatable bonds is 4. The average Bonchev–Trinajstić information content (AvgIpc) is 2.19. The lowest BCUT2D eigenvalue weighted by Crippen LogP contribution is -2.34. The van der Waals surface area contributed by atoms with E-state index < -0.39 is 10.6 Å². The number of nitrogens with zero attached hydrogens (tertiary/aromatic N) is 1. The summed E-state index contributed by atoms with van der Waals surface area (Å²) in [6.45, 7) is 1.31. The van der Waals surface area contributed by atoms with Crippen LogP contribution in [0.15, 0.2) is 30.3 Å². The van der Waals surface area contributed by atoms with Gasteiger partial charge < -0.3 is 4.74 Å². The van der Waals surface area contributed by atoms with E-state index in [1.165, 1.54) is 19.1 Å². The molecule has 1 unspecified atom stereocenters. The molecule has 0 saturated carbocycles. The van der Waals surface area contributed by atoms with Gasteiger partial charge >= 0.3 is 5.72 Å². The van der Waals surface area contributed by atoms with Gasteiger partial charge in [0, 0.05) is 0 Å². The molecule has 0 bridgehead atoms. The minimum Gasteiger partial charge on any atom is -0.394 e. The fourth-order valence-electron chi connectivity index (χ4n) is 1.06. The van der Waals surface area contributed by atoms with Gasteiger partial charge in [-0.25, -0.2) is 0 Å². The predicted octanol–water partition coefficient (Wildman–Crippen LogP) is 1.31. The van der Waals surface area contributed by atoms with E-state index in [-0.39, 0.29) is 6.47 Å². The van der Waals surface area contributed by atoms with Gasteiger partial charge in [0.2, 0.25) is 0 Å². The van der Waals surface area contributed by atoms with Crippen LogP contribution in [0.4, 0.5) is 0 Å². The molecule has 0 radical (unpaired) electrons. The highest BCUT2D eigenvalue weighted by Gasteiger charge is 2.41. The van der Waals surface area contributed by atoms with Crippen molar-refractivity contribution in [2.75, 3.05) is 0 Å². The monoisotopic (exact) mass is 195 g/mol. The van der Waals surface area contributed by atoms with Gasteiger partial charge in [0.25, 0.3) is 6.47 Å². The number of carbonyl (C=O) groups excluding carboxylic acids is 1. The van der Waals surface area contributed by atoms with Crippen molar-refractivity contribution in [3.8, 4) is 0 Å². The Morgan fingerprint density at radius 2 is 2.00 bits per heavy atom. The van der Waals surface area contributed by atoms with Crippen LogP contribution in [-0.4, -0.2) is 11.4 Å². The predicted molar refractivity (Wildman–Crippen MR) is 47.9 cm³/mol. The highest BCUT2D eigenvalue weighted by Crippen LogP contribution is 2.24. The summed E-state index contributed by atoms with van der Waals surface area (Å²) in [6.07, 6.45) is 0. The van der Waals surface area contributed by atoms with Crippen LogP contribution in [0.2, 0.25) is 0 Å². The lowest BCUT2D eigenvalue weighted by atomic mass is 10.1. The lowest BCUT2D eigenvalue weighted by molar-refractivity contribution is -0.626. The maximum Gasteiger partial charge on any atom is 0.388 e. The standard InChI is InChI=1S/C9H9NO4/c1-9(10(12)13,14-7-11)8-5-3-2-4-6-8/h2-7H,1H3. The third kappa shape index (κ3) is 1.71. The van der Waals surface area contributed by atoms with E-state index in [9.17, 15) is 14.9 Å². The third-order valence-electron chi connectivity index (χ3n) is 1.94. The summed E-state index contributed by atoms with van der Waals surface area (Å²) < 4.78 is 4.50. The SMILES string of the molecule is CC(OC=O)(c1ccccc1)[N+](=O)[O-]. The van der Waals surface area contributed by atoms with Crippen LogP contribution in [0.5, 0.6) is 0 Å². The first-order chi connectivity index (χ1) is 6.61. The smallest absolute Gasteiger partial charge is 0.388 e. The summed E-state index contributed by atoms with van der Waals surface area (Å²) in [5.74, 6) is 0. The number of benzene rings is 1. The van der Waals surface area contributed by atoms with Crippen molar-refractivity contribution >= 4 is 6.47 Å². The Morgan fingerprint density at radius 3 is 2.43 bits per heavy atom. The molecule has 0 saturated heterocycles. The van der Waals surface area contributed by atoms with Crippen molar-refractivity contribution in [2.45, 2.75) is 12.6 Å². The summed E-state index contributed by atoms with van der Waals surface area (Å²) in [7, 11) is 0. The third-order valence-corrected chi connectivity index (χ3v) is 1.94. The maximum atomic E-state index is 10.7. The molecular formula is C9H9NO4. The van der Waals surface area contributed by atoms with Crippen LogP contribution in [0.3, 0.4) is 0 Å². The second-order valence-corrected chi connectivity index (χ2v) is 2.82. The quantitative estimate of drug-likeness (QED) is 0.314. The van der Waals surface area contributed by atoms with E-state index in [4.69, 9.17) is 0 Å². The highest BCUT2D eigenvalue weighted by atomic mass is 16.7. The van der Waals surface area contributed by atoms with E-state index in [2.05, 4.69) is 4.74 Å². The van der Waals surface area contributed by atoms with Crippen molar-refractivity contribution in [2.24, 2.45) is 0 Å². The first-order valence-electron chi connectivity index (χ1n) is 3.92. The minimum atomic E-state index is -1.80. The van der Waals surface area contributed by atoms with Gasteiger partial charge in [0.05, 0.1) is 17.4 Å². The molecule has 5 nitrogen and oxygen atoms in total. The van der Waals surface area contributed by atoms with Crippen LogP contribution in [0, 0.1) is 10.1 Å². The first kappa shape index (κ1) is 10.2. The van der Waals surface area contributed by atoms with E-state index in [1.54, 1.807) is 18.2 Å². The minimum absolute atomic E-state index is 0.0792. The summed E-state index contributed by atoms with van der Waals surface area (Å²) in [5.41, 5.74) is -1.47. The molecule has 0 aliphatic rings. The second kappa shape index (κ2) is 3.87. The Bertz CT molecular complexity index is 338. The Kier molecular flexibility index (Phi) is 2.81. The zero-order valence-corrected chi connectivity index (χ0v) is 7.54. The molecule has 74 valence electrons. The van der Waals surface area contributed by atoms with Gasteiger partial charge in [-0.05, 0) is 12.1 Å². The second-order valence-electron chi connectivity index (χ2n) is 2.82. The maximum absolute atomic E-state index is 10.7. The van der Waals surface area contributed by atoms with Gasteiger partial charge in [-0.2, -0.15) is 0 Å². The van der Waals surface area contributed by atoms with E-state index >= 15 is 0 Å². The van der Waals surface area contributed by atoms with Crippen LogP contribution < -0.4 is 0 Å².